The van der Waals surface area contributed by atoms with Gasteiger partial charge in [-0.1, -0.05) is 42.5 Å². The Morgan fingerprint density at radius 3 is 1.64 bits per heavy atom. The molecule has 3 aromatic rings. The second kappa shape index (κ2) is 6.68. The SMILES string of the molecule is COc1ccc(N=Nc2ccc(-c3ccccc3)cc2)cc1. The van der Waals surface area contributed by atoms with Crippen LogP contribution < -0.4 is 4.74 Å². The highest BCUT2D eigenvalue weighted by Gasteiger charge is 1.97. The van der Waals surface area contributed by atoms with Crippen molar-refractivity contribution in [3.8, 4) is 16.9 Å². The summed E-state index contributed by atoms with van der Waals surface area (Å²) in [6, 6.07) is 25.8. The van der Waals surface area contributed by atoms with Gasteiger partial charge in [-0.2, -0.15) is 10.2 Å². The molecule has 0 aromatic heterocycles. The molecular formula is C19H16N2O. The molecule has 0 saturated heterocycles. The molecule has 0 fully saturated rings. The summed E-state index contributed by atoms with van der Waals surface area (Å²) in [7, 11) is 1.64. The van der Waals surface area contributed by atoms with Crippen molar-refractivity contribution in [3.05, 3.63) is 78.9 Å². The first-order valence-corrected chi connectivity index (χ1v) is 7.06. The average Bonchev–Trinajstić information content (AvgIpc) is 2.61. The molecule has 0 aliphatic heterocycles. The minimum atomic E-state index is 0.799. The van der Waals surface area contributed by atoms with Crippen LogP contribution in [0, 0.1) is 0 Å². The highest BCUT2D eigenvalue weighted by atomic mass is 16.5. The quantitative estimate of drug-likeness (QED) is 0.560. The van der Waals surface area contributed by atoms with Gasteiger partial charge in [-0.05, 0) is 47.5 Å². The lowest BCUT2D eigenvalue weighted by molar-refractivity contribution is 0.415. The summed E-state index contributed by atoms with van der Waals surface area (Å²) in [4.78, 5) is 0. The molecule has 0 heterocycles. The zero-order chi connectivity index (χ0) is 15.2. The van der Waals surface area contributed by atoms with E-state index in [1.165, 1.54) is 11.1 Å². The first-order chi connectivity index (χ1) is 10.8. The maximum absolute atomic E-state index is 5.11. The van der Waals surface area contributed by atoms with E-state index in [2.05, 4.69) is 34.5 Å². The predicted octanol–water partition coefficient (Wildman–Crippen LogP) is 5.78. The molecule has 3 rings (SSSR count). The molecule has 0 aliphatic carbocycles. The van der Waals surface area contributed by atoms with Crippen molar-refractivity contribution < 1.29 is 4.74 Å². The standard InChI is InChI=1S/C19H16N2O/c1-22-19-13-11-18(12-14-19)21-20-17-9-7-16(8-10-17)15-5-3-2-4-6-15/h2-14H,1H3. The van der Waals surface area contributed by atoms with Crippen LogP contribution in [0.1, 0.15) is 0 Å². The third-order valence-electron chi connectivity index (χ3n) is 3.33. The van der Waals surface area contributed by atoms with Gasteiger partial charge >= 0.3 is 0 Å². The Kier molecular flexibility index (Phi) is 4.25. The Bertz CT molecular complexity index is 748. The number of rotatable bonds is 4. The Balaban J connectivity index is 1.74. The maximum Gasteiger partial charge on any atom is 0.119 e. The highest BCUT2D eigenvalue weighted by Crippen LogP contribution is 2.24. The fourth-order valence-electron chi connectivity index (χ4n) is 2.12. The molecule has 0 unspecified atom stereocenters. The van der Waals surface area contributed by atoms with Gasteiger partial charge in [0.05, 0.1) is 18.5 Å². The van der Waals surface area contributed by atoms with Crippen LogP contribution in [-0.2, 0) is 0 Å². The van der Waals surface area contributed by atoms with Crippen LogP contribution in [0.5, 0.6) is 5.75 Å². The minimum absolute atomic E-state index is 0.799. The summed E-state index contributed by atoms with van der Waals surface area (Å²) < 4.78 is 5.11. The summed E-state index contributed by atoms with van der Waals surface area (Å²) in [5.41, 5.74) is 3.99. The molecule has 0 spiro atoms. The molecule has 3 aromatic carbocycles. The lowest BCUT2D eigenvalue weighted by Gasteiger charge is -2.01. The summed E-state index contributed by atoms with van der Waals surface area (Å²) in [5, 5.41) is 8.47. The van der Waals surface area contributed by atoms with E-state index in [4.69, 9.17) is 4.74 Å². The van der Waals surface area contributed by atoms with Gasteiger partial charge in [0, 0.05) is 0 Å². The van der Waals surface area contributed by atoms with Crippen LogP contribution in [0.15, 0.2) is 89.1 Å². The third-order valence-corrected chi connectivity index (χ3v) is 3.33. The van der Waals surface area contributed by atoms with Crippen LogP contribution >= 0.6 is 0 Å². The van der Waals surface area contributed by atoms with Gasteiger partial charge in [-0.15, -0.1) is 0 Å². The van der Waals surface area contributed by atoms with Crippen molar-refractivity contribution in [2.45, 2.75) is 0 Å². The van der Waals surface area contributed by atoms with Crippen LogP contribution in [0.4, 0.5) is 11.4 Å². The van der Waals surface area contributed by atoms with Crippen molar-refractivity contribution >= 4 is 11.4 Å². The number of benzene rings is 3. The van der Waals surface area contributed by atoms with E-state index in [1.807, 2.05) is 54.6 Å². The van der Waals surface area contributed by atoms with Gasteiger partial charge in [0.2, 0.25) is 0 Å². The van der Waals surface area contributed by atoms with Gasteiger partial charge in [-0.25, -0.2) is 0 Å². The van der Waals surface area contributed by atoms with E-state index >= 15 is 0 Å². The van der Waals surface area contributed by atoms with Gasteiger partial charge in [-0.3, -0.25) is 0 Å². The Hall–Kier alpha value is -2.94. The Morgan fingerprint density at radius 2 is 1.09 bits per heavy atom. The summed E-state index contributed by atoms with van der Waals surface area (Å²) in [6.07, 6.45) is 0. The van der Waals surface area contributed by atoms with E-state index in [1.54, 1.807) is 7.11 Å². The van der Waals surface area contributed by atoms with E-state index in [0.717, 1.165) is 17.1 Å². The largest absolute Gasteiger partial charge is 0.497 e. The number of ether oxygens (including phenoxy) is 1. The van der Waals surface area contributed by atoms with Crippen molar-refractivity contribution in [2.75, 3.05) is 7.11 Å². The van der Waals surface area contributed by atoms with E-state index < -0.39 is 0 Å². The molecule has 0 N–H and O–H groups in total. The van der Waals surface area contributed by atoms with Crippen molar-refractivity contribution in [1.29, 1.82) is 0 Å². The summed E-state index contributed by atoms with van der Waals surface area (Å²) in [6.45, 7) is 0. The van der Waals surface area contributed by atoms with Crippen LogP contribution in [0.2, 0.25) is 0 Å². The topological polar surface area (TPSA) is 34.0 Å². The molecule has 0 atom stereocenters. The molecule has 0 radical (unpaired) electrons. The average molecular weight is 288 g/mol. The molecule has 0 aliphatic rings. The summed E-state index contributed by atoms with van der Waals surface area (Å²) >= 11 is 0. The summed E-state index contributed by atoms with van der Waals surface area (Å²) in [5.74, 6) is 0.811. The number of nitrogens with zero attached hydrogens (tertiary/aromatic N) is 2. The van der Waals surface area contributed by atoms with Crippen molar-refractivity contribution in [1.82, 2.24) is 0 Å². The molecule has 108 valence electrons. The number of methoxy groups -OCH3 is 1. The highest BCUT2D eigenvalue weighted by molar-refractivity contribution is 5.65. The normalized spacial score (nSPS) is 10.8. The maximum atomic E-state index is 5.11. The lowest BCUT2D eigenvalue weighted by Crippen LogP contribution is -1.79. The fourth-order valence-corrected chi connectivity index (χ4v) is 2.12. The molecule has 0 saturated carbocycles. The number of azo groups is 1. The van der Waals surface area contributed by atoms with Crippen LogP contribution in [-0.4, -0.2) is 7.11 Å². The van der Waals surface area contributed by atoms with Gasteiger partial charge in [0.25, 0.3) is 0 Å². The number of hydrogen-bond acceptors (Lipinski definition) is 3. The molecule has 22 heavy (non-hydrogen) atoms. The molecule has 0 amide bonds. The van der Waals surface area contributed by atoms with Crippen molar-refractivity contribution in [2.24, 2.45) is 10.2 Å². The van der Waals surface area contributed by atoms with Crippen LogP contribution in [0.3, 0.4) is 0 Å². The first kappa shape index (κ1) is 14.0. The van der Waals surface area contributed by atoms with Crippen molar-refractivity contribution in [3.63, 3.8) is 0 Å². The lowest BCUT2D eigenvalue weighted by atomic mass is 10.1. The monoisotopic (exact) mass is 288 g/mol. The molecule has 0 bridgehead atoms. The molecule has 3 nitrogen and oxygen atoms in total. The minimum Gasteiger partial charge on any atom is -0.497 e. The molecular weight excluding hydrogens is 272 g/mol. The van der Waals surface area contributed by atoms with E-state index in [0.29, 0.717) is 0 Å². The second-order valence-electron chi connectivity index (χ2n) is 4.81. The van der Waals surface area contributed by atoms with Crippen LogP contribution in [0.25, 0.3) is 11.1 Å². The predicted molar refractivity (Wildman–Crippen MR) is 89.0 cm³/mol. The van der Waals surface area contributed by atoms with E-state index in [9.17, 15) is 0 Å². The third kappa shape index (κ3) is 3.38. The van der Waals surface area contributed by atoms with Gasteiger partial charge in [0.15, 0.2) is 0 Å². The van der Waals surface area contributed by atoms with Gasteiger partial charge in [0.1, 0.15) is 5.75 Å². The zero-order valence-electron chi connectivity index (χ0n) is 12.3. The van der Waals surface area contributed by atoms with Gasteiger partial charge < -0.3 is 4.74 Å². The fraction of sp³-hybridized carbons (Fsp3) is 0.0526. The number of hydrogen-bond donors (Lipinski definition) is 0. The smallest absolute Gasteiger partial charge is 0.119 e. The van der Waals surface area contributed by atoms with E-state index in [-0.39, 0.29) is 0 Å². The first-order valence-electron chi connectivity index (χ1n) is 7.06. The Labute approximate surface area is 129 Å². The Morgan fingerprint density at radius 1 is 0.591 bits per heavy atom. The molecule has 3 heteroatoms. The second-order valence-corrected chi connectivity index (χ2v) is 4.81. The zero-order valence-corrected chi connectivity index (χ0v) is 12.3.